The van der Waals surface area contributed by atoms with Crippen LogP contribution in [0.5, 0.6) is 0 Å². The molecule has 124 valence electrons. The first-order chi connectivity index (χ1) is 11.5. The largest absolute Gasteiger partial charge is 0.361 e. The van der Waals surface area contributed by atoms with Crippen molar-refractivity contribution in [2.45, 2.75) is 24.4 Å². The molecule has 7 nitrogen and oxygen atoms in total. The SMILES string of the molecule is C=CCn1c(-c2ccccc2)nnc1S(=O)(=O)Cc1cc(C)on1. The Morgan fingerprint density at radius 3 is 2.62 bits per heavy atom. The Hall–Kier alpha value is -2.74. The smallest absolute Gasteiger partial charge is 0.250 e. The molecule has 3 aromatic rings. The van der Waals surface area contributed by atoms with E-state index < -0.39 is 9.84 Å². The van der Waals surface area contributed by atoms with E-state index in [0.717, 1.165) is 5.56 Å². The fourth-order valence-corrected chi connectivity index (χ4v) is 3.67. The standard InChI is InChI=1S/C16H16N4O3S/c1-3-9-20-15(13-7-5-4-6-8-13)17-18-16(20)24(21,22)11-14-10-12(2)23-19-14/h3-8,10H,1,9,11H2,2H3. The summed E-state index contributed by atoms with van der Waals surface area (Å²) in [7, 11) is -3.72. The fraction of sp³-hybridized carbons (Fsp3) is 0.188. The topological polar surface area (TPSA) is 90.9 Å². The summed E-state index contributed by atoms with van der Waals surface area (Å²) in [6, 6.07) is 10.9. The molecule has 0 amide bonds. The number of aromatic nitrogens is 4. The molecule has 0 spiro atoms. The number of hydrogen-bond donors (Lipinski definition) is 0. The average molecular weight is 344 g/mol. The molecule has 2 aromatic heterocycles. The van der Waals surface area contributed by atoms with Crippen LogP contribution in [0.3, 0.4) is 0 Å². The lowest BCUT2D eigenvalue weighted by molar-refractivity contribution is 0.392. The van der Waals surface area contributed by atoms with E-state index in [1.807, 2.05) is 30.3 Å². The minimum Gasteiger partial charge on any atom is -0.361 e. The van der Waals surface area contributed by atoms with Gasteiger partial charge in [-0.1, -0.05) is 41.6 Å². The maximum absolute atomic E-state index is 12.7. The summed E-state index contributed by atoms with van der Waals surface area (Å²) in [5, 5.41) is 11.6. The maximum Gasteiger partial charge on any atom is 0.250 e. The number of benzene rings is 1. The fourth-order valence-electron chi connectivity index (χ4n) is 2.36. The zero-order chi connectivity index (χ0) is 17.2. The highest BCUT2D eigenvalue weighted by Crippen LogP contribution is 2.22. The molecule has 0 aliphatic heterocycles. The first-order valence-corrected chi connectivity index (χ1v) is 8.91. The highest BCUT2D eigenvalue weighted by atomic mass is 32.2. The number of nitrogens with zero attached hydrogens (tertiary/aromatic N) is 4. The van der Waals surface area contributed by atoms with Crippen molar-refractivity contribution in [3.05, 3.63) is 60.5 Å². The normalized spacial score (nSPS) is 11.5. The van der Waals surface area contributed by atoms with Gasteiger partial charge < -0.3 is 4.52 Å². The summed E-state index contributed by atoms with van der Waals surface area (Å²) >= 11 is 0. The van der Waals surface area contributed by atoms with Gasteiger partial charge in [0.1, 0.15) is 11.5 Å². The van der Waals surface area contributed by atoms with Crippen molar-refractivity contribution >= 4 is 9.84 Å². The highest BCUT2D eigenvalue weighted by molar-refractivity contribution is 7.90. The van der Waals surface area contributed by atoms with Gasteiger partial charge in [-0.05, 0) is 6.92 Å². The van der Waals surface area contributed by atoms with Crippen molar-refractivity contribution in [2.75, 3.05) is 0 Å². The Kier molecular flexibility index (Phi) is 4.30. The van der Waals surface area contributed by atoms with Gasteiger partial charge >= 0.3 is 0 Å². The molecule has 0 bridgehead atoms. The molecule has 0 saturated heterocycles. The molecule has 1 aromatic carbocycles. The molecule has 8 heteroatoms. The minimum absolute atomic E-state index is 0.109. The van der Waals surface area contributed by atoms with Gasteiger partial charge in [-0.15, -0.1) is 16.8 Å². The molecule has 0 N–H and O–H groups in total. The summed E-state index contributed by atoms with van der Waals surface area (Å²) in [6.45, 7) is 5.67. The Balaban J connectivity index is 2.04. The molecular weight excluding hydrogens is 328 g/mol. The van der Waals surface area contributed by atoms with Crippen molar-refractivity contribution in [1.82, 2.24) is 19.9 Å². The van der Waals surface area contributed by atoms with Gasteiger partial charge in [0.15, 0.2) is 5.82 Å². The second-order valence-corrected chi connectivity index (χ2v) is 7.14. The van der Waals surface area contributed by atoms with E-state index in [1.54, 1.807) is 19.1 Å². The van der Waals surface area contributed by atoms with E-state index in [-0.39, 0.29) is 17.5 Å². The number of hydrogen-bond acceptors (Lipinski definition) is 6. The molecule has 0 atom stereocenters. The number of rotatable bonds is 6. The molecular formula is C16H16N4O3S. The molecule has 3 rings (SSSR count). The van der Waals surface area contributed by atoms with Crippen molar-refractivity contribution in [2.24, 2.45) is 0 Å². The van der Waals surface area contributed by atoms with Gasteiger partial charge in [-0.25, -0.2) is 8.42 Å². The molecule has 24 heavy (non-hydrogen) atoms. The van der Waals surface area contributed by atoms with Crippen LogP contribution in [0.2, 0.25) is 0 Å². The molecule has 0 aliphatic rings. The van der Waals surface area contributed by atoms with Gasteiger partial charge in [-0.2, -0.15) is 0 Å². The summed E-state index contributed by atoms with van der Waals surface area (Å²) < 4.78 is 31.9. The Bertz CT molecular complexity index is 958. The molecule has 2 heterocycles. The zero-order valence-corrected chi connectivity index (χ0v) is 13.9. The van der Waals surface area contributed by atoms with Gasteiger partial charge in [0.2, 0.25) is 9.84 Å². The van der Waals surface area contributed by atoms with E-state index in [2.05, 4.69) is 21.9 Å². The summed E-state index contributed by atoms with van der Waals surface area (Å²) in [4.78, 5) is 0. The molecule has 0 saturated carbocycles. The third kappa shape index (κ3) is 3.13. The lowest BCUT2D eigenvalue weighted by Crippen LogP contribution is -2.13. The molecule has 0 aliphatic carbocycles. The van der Waals surface area contributed by atoms with Crippen LogP contribution < -0.4 is 0 Å². The van der Waals surface area contributed by atoms with Crippen LogP contribution in [-0.4, -0.2) is 28.3 Å². The average Bonchev–Trinajstić information content (AvgIpc) is 3.15. The molecule has 0 unspecified atom stereocenters. The number of sulfone groups is 1. The Morgan fingerprint density at radius 1 is 1.25 bits per heavy atom. The minimum atomic E-state index is -3.72. The van der Waals surface area contributed by atoms with E-state index >= 15 is 0 Å². The van der Waals surface area contributed by atoms with Crippen LogP contribution in [0.1, 0.15) is 11.5 Å². The molecule has 0 fully saturated rings. The van der Waals surface area contributed by atoms with E-state index in [4.69, 9.17) is 4.52 Å². The highest BCUT2D eigenvalue weighted by Gasteiger charge is 2.26. The summed E-state index contributed by atoms with van der Waals surface area (Å²) in [5.41, 5.74) is 1.12. The lowest BCUT2D eigenvalue weighted by atomic mass is 10.2. The Labute approximate surface area is 139 Å². The van der Waals surface area contributed by atoms with Crippen LogP contribution in [0, 0.1) is 6.92 Å². The van der Waals surface area contributed by atoms with Crippen LogP contribution in [0.4, 0.5) is 0 Å². The monoisotopic (exact) mass is 344 g/mol. The van der Waals surface area contributed by atoms with E-state index in [1.165, 1.54) is 4.57 Å². The van der Waals surface area contributed by atoms with Crippen LogP contribution in [0.15, 0.2) is 58.7 Å². The Morgan fingerprint density at radius 2 is 2.00 bits per heavy atom. The third-order valence-corrected chi connectivity index (χ3v) is 4.89. The third-order valence-electron chi connectivity index (χ3n) is 3.35. The zero-order valence-electron chi connectivity index (χ0n) is 13.1. The van der Waals surface area contributed by atoms with Crippen LogP contribution in [0.25, 0.3) is 11.4 Å². The number of aryl methyl sites for hydroxylation is 1. The van der Waals surface area contributed by atoms with Crippen molar-refractivity contribution in [1.29, 1.82) is 0 Å². The van der Waals surface area contributed by atoms with Gasteiger partial charge in [-0.3, -0.25) is 4.57 Å². The number of allylic oxidation sites excluding steroid dienone is 1. The lowest BCUT2D eigenvalue weighted by Gasteiger charge is -2.08. The van der Waals surface area contributed by atoms with Crippen molar-refractivity contribution in [3.8, 4) is 11.4 Å². The van der Waals surface area contributed by atoms with E-state index in [9.17, 15) is 8.42 Å². The predicted molar refractivity (Wildman–Crippen MR) is 87.8 cm³/mol. The first kappa shape index (κ1) is 16.1. The van der Waals surface area contributed by atoms with Gasteiger partial charge in [0.05, 0.1) is 5.69 Å². The van der Waals surface area contributed by atoms with Crippen molar-refractivity contribution < 1.29 is 12.9 Å². The predicted octanol–water partition coefficient (Wildman–Crippen LogP) is 2.40. The first-order valence-electron chi connectivity index (χ1n) is 7.26. The summed E-state index contributed by atoms with van der Waals surface area (Å²) in [5.74, 6) is 0.733. The second-order valence-electron chi connectivity index (χ2n) is 5.26. The van der Waals surface area contributed by atoms with Gasteiger partial charge in [0.25, 0.3) is 5.16 Å². The maximum atomic E-state index is 12.7. The van der Waals surface area contributed by atoms with Gasteiger partial charge in [0, 0.05) is 18.2 Å². The quantitative estimate of drug-likeness (QED) is 0.638. The van der Waals surface area contributed by atoms with E-state index in [0.29, 0.717) is 17.3 Å². The van der Waals surface area contributed by atoms with Crippen molar-refractivity contribution in [3.63, 3.8) is 0 Å². The second kappa shape index (κ2) is 6.40. The van der Waals surface area contributed by atoms with Crippen LogP contribution >= 0.6 is 0 Å². The molecule has 0 radical (unpaired) electrons. The summed E-state index contributed by atoms with van der Waals surface area (Å²) in [6.07, 6.45) is 1.61. The van der Waals surface area contributed by atoms with Crippen LogP contribution in [-0.2, 0) is 22.1 Å².